The Kier molecular flexibility index (Phi) is 3.48. The first-order valence-electron chi connectivity index (χ1n) is 4.70. The van der Waals surface area contributed by atoms with Gasteiger partial charge in [-0.3, -0.25) is 9.36 Å². The van der Waals surface area contributed by atoms with Crippen LogP contribution in [0.5, 0.6) is 0 Å². The van der Waals surface area contributed by atoms with Gasteiger partial charge in [0.15, 0.2) is 0 Å². The van der Waals surface area contributed by atoms with Crippen molar-refractivity contribution in [2.75, 3.05) is 0 Å². The summed E-state index contributed by atoms with van der Waals surface area (Å²) in [6.07, 6.45) is 0. The van der Waals surface area contributed by atoms with Crippen LogP contribution in [0.15, 0.2) is 29.1 Å². The van der Waals surface area contributed by atoms with Crippen molar-refractivity contribution in [3.05, 3.63) is 40.4 Å². The van der Waals surface area contributed by atoms with Gasteiger partial charge in [-0.05, 0) is 26.0 Å². The van der Waals surface area contributed by atoms with Crippen LogP contribution in [0, 0.1) is 6.92 Å². The summed E-state index contributed by atoms with van der Waals surface area (Å²) in [5.74, 6) is 0.774. The number of nitrogens with zero attached hydrogens (tertiary/aromatic N) is 2. The lowest BCUT2D eigenvalue weighted by molar-refractivity contribution is 0.685. The van der Waals surface area contributed by atoms with Crippen LogP contribution in [0.4, 0.5) is 0 Å². The summed E-state index contributed by atoms with van der Waals surface area (Å²) in [6, 6.07) is 7.44. The second kappa shape index (κ2) is 4.45. The number of hydrogen-bond donors (Lipinski definition) is 0. The number of para-hydroxylation sites is 1. The maximum Gasteiger partial charge on any atom is 0.261 e. The Bertz CT molecular complexity index is 534. The van der Waals surface area contributed by atoms with Gasteiger partial charge in [0.1, 0.15) is 5.82 Å². The Hall–Kier alpha value is -1.35. The fourth-order valence-electron chi connectivity index (χ4n) is 1.65. The summed E-state index contributed by atoms with van der Waals surface area (Å²) < 4.78 is 1.68. The van der Waals surface area contributed by atoms with E-state index in [4.69, 9.17) is 0 Å². The van der Waals surface area contributed by atoms with E-state index in [2.05, 4.69) is 4.98 Å². The molecule has 0 amide bonds. The number of aryl methyl sites for hydroxylation is 1. The monoisotopic (exact) mass is 224 g/mol. The van der Waals surface area contributed by atoms with Crippen LogP contribution in [-0.2, 0) is 6.54 Å². The molecule has 1 aromatic carbocycles. The van der Waals surface area contributed by atoms with Crippen molar-refractivity contribution in [3.8, 4) is 0 Å². The smallest absolute Gasteiger partial charge is 0.261 e. The predicted molar refractivity (Wildman–Crippen MR) is 63.7 cm³/mol. The van der Waals surface area contributed by atoms with Gasteiger partial charge in [0, 0.05) is 6.54 Å². The molecule has 0 saturated heterocycles. The zero-order valence-corrected chi connectivity index (χ0v) is 9.54. The third kappa shape index (κ3) is 1.88. The first kappa shape index (κ1) is 11.7. The largest absolute Gasteiger partial charge is 0.297 e. The van der Waals surface area contributed by atoms with Crippen molar-refractivity contribution in [2.24, 2.45) is 0 Å². The molecule has 0 fully saturated rings. The van der Waals surface area contributed by atoms with E-state index in [9.17, 15) is 4.79 Å². The first-order chi connectivity index (χ1) is 6.74. The van der Waals surface area contributed by atoms with Crippen molar-refractivity contribution in [3.63, 3.8) is 0 Å². The zero-order valence-electron chi connectivity index (χ0n) is 8.73. The molecule has 80 valence electrons. The third-order valence-electron chi connectivity index (χ3n) is 2.37. The molecule has 0 bridgehead atoms. The maximum absolute atomic E-state index is 11.9. The minimum Gasteiger partial charge on any atom is -0.297 e. The lowest BCUT2D eigenvalue weighted by Crippen LogP contribution is -2.22. The van der Waals surface area contributed by atoms with Gasteiger partial charge in [-0.2, -0.15) is 0 Å². The Balaban J connectivity index is 0.00000112. The second-order valence-electron chi connectivity index (χ2n) is 3.23. The Morgan fingerprint density at radius 1 is 1.33 bits per heavy atom. The van der Waals surface area contributed by atoms with Crippen molar-refractivity contribution in [1.82, 2.24) is 9.55 Å². The average Bonchev–Trinajstić information content (AvgIpc) is 2.18. The fraction of sp³-hybridized carbons (Fsp3) is 0.273. The van der Waals surface area contributed by atoms with Gasteiger partial charge in [0.25, 0.3) is 5.56 Å². The quantitative estimate of drug-likeness (QED) is 0.744. The highest BCUT2D eigenvalue weighted by atomic mass is 35.5. The number of aromatic nitrogens is 2. The van der Waals surface area contributed by atoms with Crippen LogP contribution in [-0.4, -0.2) is 9.55 Å². The molecule has 0 aliphatic rings. The third-order valence-corrected chi connectivity index (χ3v) is 2.37. The van der Waals surface area contributed by atoms with E-state index in [-0.39, 0.29) is 18.0 Å². The molecule has 0 spiro atoms. The number of fused-ring (bicyclic) bond motifs is 1. The van der Waals surface area contributed by atoms with Crippen molar-refractivity contribution in [2.45, 2.75) is 20.4 Å². The Morgan fingerprint density at radius 3 is 2.67 bits per heavy atom. The standard InChI is InChI=1S/C11H12N2O.ClH/c1-3-13-8(2)12-10-7-5-4-6-9(10)11(13)14;/h4-7H,3H2,1-2H3;1H. The zero-order chi connectivity index (χ0) is 10.1. The van der Waals surface area contributed by atoms with E-state index in [1.54, 1.807) is 4.57 Å². The highest BCUT2D eigenvalue weighted by Gasteiger charge is 2.04. The Morgan fingerprint density at radius 2 is 2.00 bits per heavy atom. The molecule has 1 aromatic heterocycles. The normalized spacial score (nSPS) is 10.0. The van der Waals surface area contributed by atoms with Crippen molar-refractivity contribution >= 4 is 23.3 Å². The fourth-order valence-corrected chi connectivity index (χ4v) is 1.65. The topological polar surface area (TPSA) is 34.9 Å². The molecular weight excluding hydrogens is 212 g/mol. The molecule has 3 nitrogen and oxygen atoms in total. The number of hydrogen-bond acceptors (Lipinski definition) is 2. The molecule has 2 rings (SSSR count). The molecule has 0 atom stereocenters. The van der Waals surface area contributed by atoms with Crippen molar-refractivity contribution < 1.29 is 0 Å². The molecule has 0 radical (unpaired) electrons. The molecule has 0 unspecified atom stereocenters. The number of benzene rings is 1. The van der Waals surface area contributed by atoms with E-state index in [1.807, 2.05) is 38.1 Å². The highest BCUT2D eigenvalue weighted by molar-refractivity contribution is 5.85. The van der Waals surface area contributed by atoms with Crippen LogP contribution in [0.2, 0.25) is 0 Å². The second-order valence-corrected chi connectivity index (χ2v) is 3.23. The summed E-state index contributed by atoms with van der Waals surface area (Å²) >= 11 is 0. The molecule has 15 heavy (non-hydrogen) atoms. The molecule has 2 aromatic rings. The van der Waals surface area contributed by atoms with Crippen molar-refractivity contribution in [1.29, 1.82) is 0 Å². The average molecular weight is 225 g/mol. The minimum atomic E-state index is 0. The number of rotatable bonds is 1. The van der Waals surface area contributed by atoms with Crippen LogP contribution >= 0.6 is 12.4 Å². The van der Waals surface area contributed by atoms with Crippen LogP contribution in [0.25, 0.3) is 10.9 Å². The van der Waals surface area contributed by atoms with Crippen LogP contribution in [0.3, 0.4) is 0 Å². The molecule has 0 saturated carbocycles. The highest BCUT2D eigenvalue weighted by Crippen LogP contribution is 2.06. The van der Waals surface area contributed by atoms with Gasteiger partial charge >= 0.3 is 0 Å². The summed E-state index contributed by atoms with van der Waals surface area (Å²) in [4.78, 5) is 16.3. The molecule has 0 aliphatic heterocycles. The minimum absolute atomic E-state index is 0. The predicted octanol–water partition coefficient (Wildman–Crippen LogP) is 2.15. The van der Waals surface area contributed by atoms with Gasteiger partial charge < -0.3 is 0 Å². The van der Waals surface area contributed by atoms with E-state index in [0.717, 1.165) is 11.3 Å². The van der Waals surface area contributed by atoms with Gasteiger partial charge in [0.05, 0.1) is 10.9 Å². The lowest BCUT2D eigenvalue weighted by Gasteiger charge is -2.07. The molecule has 0 N–H and O–H groups in total. The van der Waals surface area contributed by atoms with E-state index < -0.39 is 0 Å². The summed E-state index contributed by atoms with van der Waals surface area (Å²) in [7, 11) is 0. The number of halogens is 1. The molecular formula is C11H13ClN2O. The molecule has 1 heterocycles. The van der Waals surface area contributed by atoms with E-state index in [1.165, 1.54) is 0 Å². The molecule has 0 aliphatic carbocycles. The molecule has 4 heteroatoms. The van der Waals surface area contributed by atoms with E-state index in [0.29, 0.717) is 11.9 Å². The SMILES string of the molecule is CCn1c(C)nc2ccccc2c1=O.Cl. The Labute approximate surface area is 94.2 Å². The van der Waals surface area contributed by atoms with Crippen LogP contribution < -0.4 is 5.56 Å². The van der Waals surface area contributed by atoms with E-state index >= 15 is 0 Å². The van der Waals surface area contributed by atoms with Crippen LogP contribution in [0.1, 0.15) is 12.7 Å². The van der Waals surface area contributed by atoms with Gasteiger partial charge in [-0.15, -0.1) is 12.4 Å². The van der Waals surface area contributed by atoms with Gasteiger partial charge in [-0.25, -0.2) is 4.98 Å². The maximum atomic E-state index is 11.9. The van der Waals surface area contributed by atoms with Gasteiger partial charge in [-0.1, -0.05) is 12.1 Å². The first-order valence-corrected chi connectivity index (χ1v) is 4.70. The summed E-state index contributed by atoms with van der Waals surface area (Å²) in [5, 5.41) is 0.694. The summed E-state index contributed by atoms with van der Waals surface area (Å²) in [5.41, 5.74) is 0.829. The lowest BCUT2D eigenvalue weighted by atomic mass is 10.2. The van der Waals surface area contributed by atoms with Gasteiger partial charge in [0.2, 0.25) is 0 Å². The summed E-state index contributed by atoms with van der Waals surface area (Å²) in [6.45, 7) is 4.48.